The number of aliphatic hydroxyl groups is 1. The highest BCUT2D eigenvalue weighted by atomic mass is 16.9. The molecule has 0 aromatic rings. The van der Waals surface area contributed by atoms with Crippen LogP contribution in [0, 0.1) is 10.1 Å². The van der Waals surface area contributed by atoms with Crippen molar-refractivity contribution in [3.05, 3.63) is 10.1 Å². The van der Waals surface area contributed by atoms with Crippen molar-refractivity contribution in [3.63, 3.8) is 0 Å². The summed E-state index contributed by atoms with van der Waals surface area (Å²) in [4.78, 5) is 8.36. The minimum absolute atomic E-state index is 0.0486. The van der Waals surface area contributed by atoms with Gasteiger partial charge in [-0.25, -0.2) is 0 Å². The molecule has 0 saturated heterocycles. The Morgan fingerprint density at radius 2 is 1.80 bits per heavy atom. The summed E-state index contributed by atoms with van der Waals surface area (Å²) in [7, 11) is 0. The van der Waals surface area contributed by atoms with E-state index >= 15 is 0 Å². The SMILES string of the molecule is CC(C)(N)CO.O=[N+]([O-])O. The van der Waals surface area contributed by atoms with Crippen LogP contribution in [0.1, 0.15) is 13.8 Å². The quantitative estimate of drug-likeness (QED) is 0.342. The fraction of sp³-hybridized carbons (Fsp3) is 1.00. The van der Waals surface area contributed by atoms with Gasteiger partial charge in [0.15, 0.2) is 0 Å². The molecule has 6 nitrogen and oxygen atoms in total. The highest BCUT2D eigenvalue weighted by Gasteiger charge is 2.05. The molecular formula is C4H12N2O4. The molecule has 0 aliphatic heterocycles. The largest absolute Gasteiger partial charge is 0.394 e. The van der Waals surface area contributed by atoms with E-state index in [1.807, 2.05) is 0 Å². The molecule has 0 heterocycles. The molecule has 0 saturated carbocycles. The minimum Gasteiger partial charge on any atom is -0.394 e. The lowest BCUT2D eigenvalue weighted by Gasteiger charge is -2.12. The van der Waals surface area contributed by atoms with Gasteiger partial charge in [-0.05, 0) is 13.8 Å². The lowest BCUT2D eigenvalue weighted by molar-refractivity contribution is -0.742. The number of aliphatic hydroxyl groups excluding tert-OH is 1. The molecule has 0 aromatic heterocycles. The lowest BCUT2D eigenvalue weighted by atomic mass is 10.1. The Morgan fingerprint density at radius 3 is 1.80 bits per heavy atom. The third-order valence-corrected chi connectivity index (χ3v) is 0.408. The fourth-order valence-corrected chi connectivity index (χ4v) is 0. The Labute approximate surface area is 58.4 Å². The molecule has 0 aromatic carbocycles. The monoisotopic (exact) mass is 152 g/mol. The number of nitrogens with two attached hydrogens (primary N) is 1. The summed E-state index contributed by atoms with van der Waals surface area (Å²) in [5.41, 5.74) is 4.88. The van der Waals surface area contributed by atoms with Gasteiger partial charge in [0.2, 0.25) is 0 Å². The summed E-state index contributed by atoms with van der Waals surface area (Å²) in [5, 5.41) is 21.9. The van der Waals surface area contributed by atoms with Gasteiger partial charge in [0.1, 0.15) is 0 Å². The molecule has 0 rings (SSSR count). The maximum atomic E-state index is 8.36. The van der Waals surface area contributed by atoms with E-state index in [1.165, 1.54) is 0 Å². The van der Waals surface area contributed by atoms with Gasteiger partial charge in [-0.15, -0.1) is 10.1 Å². The van der Waals surface area contributed by atoms with E-state index in [4.69, 9.17) is 26.2 Å². The summed E-state index contributed by atoms with van der Waals surface area (Å²) < 4.78 is 0. The van der Waals surface area contributed by atoms with Crippen LogP contribution in [0.2, 0.25) is 0 Å². The molecule has 0 amide bonds. The Kier molecular flexibility index (Phi) is 5.87. The first kappa shape index (κ1) is 11.9. The van der Waals surface area contributed by atoms with E-state index in [0.29, 0.717) is 0 Å². The average molecular weight is 152 g/mol. The topological polar surface area (TPSA) is 110 Å². The summed E-state index contributed by atoms with van der Waals surface area (Å²) in [5.74, 6) is 0. The zero-order chi connectivity index (χ0) is 8.78. The number of nitrogens with zero attached hydrogens (tertiary/aromatic N) is 1. The molecular weight excluding hydrogens is 140 g/mol. The maximum Gasteiger partial charge on any atom is 0.291 e. The van der Waals surface area contributed by atoms with Gasteiger partial charge in [-0.2, -0.15) is 0 Å². The molecule has 62 valence electrons. The first-order valence-corrected chi connectivity index (χ1v) is 2.52. The zero-order valence-electron chi connectivity index (χ0n) is 5.94. The third kappa shape index (κ3) is 59.3. The van der Waals surface area contributed by atoms with Crippen molar-refractivity contribution in [1.82, 2.24) is 0 Å². The molecule has 4 N–H and O–H groups in total. The van der Waals surface area contributed by atoms with E-state index in [1.54, 1.807) is 13.8 Å². The maximum absolute atomic E-state index is 8.36. The second-order valence-corrected chi connectivity index (χ2v) is 2.38. The van der Waals surface area contributed by atoms with Gasteiger partial charge in [-0.3, -0.25) is 0 Å². The van der Waals surface area contributed by atoms with Gasteiger partial charge in [0.05, 0.1) is 6.61 Å². The van der Waals surface area contributed by atoms with Crippen LogP contribution in [0.15, 0.2) is 0 Å². The van der Waals surface area contributed by atoms with Crippen LogP contribution in [0.5, 0.6) is 0 Å². The summed E-state index contributed by atoms with van der Waals surface area (Å²) >= 11 is 0. The van der Waals surface area contributed by atoms with E-state index in [0.717, 1.165) is 0 Å². The number of hydrogen-bond donors (Lipinski definition) is 3. The molecule has 0 spiro atoms. The van der Waals surface area contributed by atoms with Gasteiger partial charge < -0.3 is 16.0 Å². The standard InChI is InChI=1S/C4H11NO.HNO3/c1-4(2,5)3-6;2-1(3)4/h6H,3,5H2,1-2H3;(H,2,3,4). The predicted molar refractivity (Wildman–Crippen MR) is 34.1 cm³/mol. The molecule has 0 bridgehead atoms. The van der Waals surface area contributed by atoms with E-state index < -0.39 is 10.6 Å². The van der Waals surface area contributed by atoms with Crippen molar-refractivity contribution >= 4 is 0 Å². The van der Waals surface area contributed by atoms with Gasteiger partial charge in [-0.1, -0.05) is 0 Å². The first-order valence-electron chi connectivity index (χ1n) is 2.52. The molecule has 0 unspecified atom stereocenters. The van der Waals surface area contributed by atoms with Crippen LogP contribution in [-0.4, -0.2) is 27.5 Å². The van der Waals surface area contributed by atoms with Crippen molar-refractivity contribution in [2.45, 2.75) is 19.4 Å². The fourth-order valence-electron chi connectivity index (χ4n) is 0. The van der Waals surface area contributed by atoms with E-state index in [-0.39, 0.29) is 6.61 Å². The van der Waals surface area contributed by atoms with Crippen molar-refractivity contribution in [2.24, 2.45) is 5.73 Å². The molecule has 0 atom stereocenters. The molecule has 0 aliphatic carbocycles. The van der Waals surface area contributed by atoms with E-state index in [9.17, 15) is 0 Å². The van der Waals surface area contributed by atoms with Crippen LogP contribution in [0.4, 0.5) is 0 Å². The van der Waals surface area contributed by atoms with Crippen LogP contribution in [0.25, 0.3) is 0 Å². The highest BCUT2D eigenvalue weighted by Crippen LogP contribution is 1.89. The summed E-state index contributed by atoms with van der Waals surface area (Å²) in [6.07, 6.45) is 0. The second kappa shape index (κ2) is 4.95. The third-order valence-electron chi connectivity index (χ3n) is 0.408. The highest BCUT2D eigenvalue weighted by molar-refractivity contribution is 4.67. The Balaban J connectivity index is 0. The van der Waals surface area contributed by atoms with E-state index in [2.05, 4.69) is 0 Å². The summed E-state index contributed by atoms with van der Waals surface area (Å²) in [6, 6.07) is 0. The number of rotatable bonds is 1. The normalized spacial score (nSPS) is 9.60. The van der Waals surface area contributed by atoms with Crippen LogP contribution in [-0.2, 0) is 0 Å². The van der Waals surface area contributed by atoms with Crippen LogP contribution in [0.3, 0.4) is 0 Å². The second-order valence-electron chi connectivity index (χ2n) is 2.38. The van der Waals surface area contributed by atoms with Crippen molar-refractivity contribution in [2.75, 3.05) is 6.61 Å². The Hall–Kier alpha value is -0.880. The minimum atomic E-state index is -1.50. The lowest BCUT2D eigenvalue weighted by Crippen LogP contribution is -2.35. The molecule has 6 heteroatoms. The van der Waals surface area contributed by atoms with Gasteiger partial charge in [0.25, 0.3) is 5.09 Å². The van der Waals surface area contributed by atoms with Crippen molar-refractivity contribution < 1.29 is 15.4 Å². The zero-order valence-corrected chi connectivity index (χ0v) is 5.94. The first-order chi connectivity index (χ1) is 4.29. The predicted octanol–water partition coefficient (Wildman–Crippen LogP) is -0.632. The Bertz CT molecular complexity index is 93.9. The molecule has 0 aliphatic rings. The van der Waals surface area contributed by atoms with Crippen LogP contribution < -0.4 is 5.73 Å². The molecule has 0 radical (unpaired) electrons. The number of hydrogen-bond acceptors (Lipinski definition) is 4. The van der Waals surface area contributed by atoms with Crippen molar-refractivity contribution in [1.29, 1.82) is 0 Å². The van der Waals surface area contributed by atoms with Crippen molar-refractivity contribution in [3.8, 4) is 0 Å². The molecule has 0 fully saturated rings. The Morgan fingerprint density at radius 1 is 1.70 bits per heavy atom. The average Bonchev–Trinajstić information content (AvgIpc) is 1.63. The summed E-state index contributed by atoms with van der Waals surface area (Å²) in [6.45, 7) is 3.59. The van der Waals surface area contributed by atoms with Gasteiger partial charge >= 0.3 is 0 Å². The smallest absolute Gasteiger partial charge is 0.291 e. The van der Waals surface area contributed by atoms with Gasteiger partial charge in [0, 0.05) is 5.54 Å². The molecule has 10 heavy (non-hydrogen) atoms. The van der Waals surface area contributed by atoms with Crippen LogP contribution >= 0.6 is 0 Å².